The number of amides is 1. The van der Waals surface area contributed by atoms with Gasteiger partial charge in [-0.25, -0.2) is 4.79 Å². The molecule has 30 heavy (non-hydrogen) atoms. The standard InChI is InChI=1S/C22H42N2O6/c1-9-21(10-2,29-18(26)16-24-19(27)30-20(5,6)7)13-14-28-22(11-3,12-4)17(25)15-23-8/h23H,9-16H2,1-8H3,(H,24,27). The van der Waals surface area contributed by atoms with Gasteiger partial charge in [0.2, 0.25) is 0 Å². The number of hydrogen-bond donors (Lipinski definition) is 2. The minimum absolute atomic E-state index is 0.0205. The zero-order valence-corrected chi connectivity index (χ0v) is 20.1. The Morgan fingerprint density at radius 3 is 1.83 bits per heavy atom. The number of hydrogen-bond acceptors (Lipinski definition) is 7. The van der Waals surface area contributed by atoms with E-state index in [-0.39, 0.29) is 18.9 Å². The lowest BCUT2D eigenvalue weighted by Crippen LogP contribution is -2.46. The fourth-order valence-electron chi connectivity index (χ4n) is 3.22. The van der Waals surface area contributed by atoms with E-state index in [9.17, 15) is 14.4 Å². The Labute approximate surface area is 181 Å². The Bertz CT molecular complexity index is 548. The van der Waals surface area contributed by atoms with E-state index in [1.165, 1.54) is 0 Å². The van der Waals surface area contributed by atoms with E-state index >= 15 is 0 Å². The lowest BCUT2D eigenvalue weighted by atomic mass is 9.90. The number of ether oxygens (including phenoxy) is 3. The summed E-state index contributed by atoms with van der Waals surface area (Å²) in [5, 5.41) is 5.31. The molecule has 8 nitrogen and oxygen atoms in total. The molecule has 0 fully saturated rings. The van der Waals surface area contributed by atoms with E-state index in [0.29, 0.717) is 38.7 Å². The van der Waals surface area contributed by atoms with Crippen molar-refractivity contribution in [1.29, 1.82) is 0 Å². The minimum Gasteiger partial charge on any atom is -0.458 e. The lowest BCUT2D eigenvalue weighted by Gasteiger charge is -2.35. The Morgan fingerprint density at radius 2 is 1.40 bits per heavy atom. The van der Waals surface area contributed by atoms with Crippen molar-refractivity contribution < 1.29 is 28.6 Å². The van der Waals surface area contributed by atoms with Gasteiger partial charge in [-0.1, -0.05) is 27.7 Å². The molecule has 0 atom stereocenters. The summed E-state index contributed by atoms with van der Waals surface area (Å²) in [6, 6.07) is 0. The van der Waals surface area contributed by atoms with Crippen molar-refractivity contribution in [3.05, 3.63) is 0 Å². The first-order valence-corrected chi connectivity index (χ1v) is 10.9. The van der Waals surface area contributed by atoms with Crippen molar-refractivity contribution in [1.82, 2.24) is 10.6 Å². The Morgan fingerprint density at radius 1 is 0.833 bits per heavy atom. The first-order valence-electron chi connectivity index (χ1n) is 10.9. The maximum Gasteiger partial charge on any atom is 0.408 e. The van der Waals surface area contributed by atoms with Gasteiger partial charge in [0.25, 0.3) is 0 Å². The van der Waals surface area contributed by atoms with Gasteiger partial charge < -0.3 is 24.8 Å². The van der Waals surface area contributed by atoms with Crippen LogP contribution in [0, 0.1) is 0 Å². The zero-order chi connectivity index (χ0) is 23.4. The number of ketones is 1. The van der Waals surface area contributed by atoms with Crippen molar-refractivity contribution in [3.8, 4) is 0 Å². The van der Waals surface area contributed by atoms with E-state index in [2.05, 4.69) is 10.6 Å². The summed E-state index contributed by atoms with van der Waals surface area (Å²) in [5.41, 5.74) is -2.19. The highest BCUT2D eigenvalue weighted by molar-refractivity contribution is 5.89. The highest BCUT2D eigenvalue weighted by atomic mass is 16.6. The second-order valence-corrected chi connectivity index (χ2v) is 8.47. The second-order valence-electron chi connectivity index (χ2n) is 8.47. The molecule has 0 radical (unpaired) electrons. The molecule has 0 aromatic rings. The van der Waals surface area contributed by atoms with Crippen molar-refractivity contribution in [3.63, 3.8) is 0 Å². The number of nitrogens with one attached hydrogen (secondary N) is 2. The summed E-state index contributed by atoms with van der Waals surface area (Å²) in [6.07, 6.45) is 2.15. The maximum absolute atomic E-state index is 12.5. The monoisotopic (exact) mass is 430 g/mol. The van der Waals surface area contributed by atoms with Crippen molar-refractivity contribution in [2.45, 2.75) is 97.4 Å². The van der Waals surface area contributed by atoms with Crippen LogP contribution in [0.3, 0.4) is 0 Å². The summed E-state index contributed by atoms with van der Waals surface area (Å²) >= 11 is 0. The Hall–Kier alpha value is -1.67. The summed E-state index contributed by atoms with van der Waals surface area (Å²) in [5.74, 6) is -0.514. The van der Waals surface area contributed by atoms with E-state index in [4.69, 9.17) is 14.2 Å². The van der Waals surface area contributed by atoms with Crippen LogP contribution in [0.25, 0.3) is 0 Å². The van der Waals surface area contributed by atoms with Crippen LogP contribution in [0.4, 0.5) is 4.79 Å². The van der Waals surface area contributed by atoms with Gasteiger partial charge in [0.15, 0.2) is 5.78 Å². The third-order valence-electron chi connectivity index (χ3n) is 5.32. The molecular weight excluding hydrogens is 388 g/mol. The Balaban J connectivity index is 4.90. The number of Topliss-reactive ketones (excluding diaryl/α,β-unsaturated/α-hetero) is 1. The fourth-order valence-corrected chi connectivity index (χ4v) is 3.22. The largest absolute Gasteiger partial charge is 0.458 e. The quantitative estimate of drug-likeness (QED) is 0.407. The predicted molar refractivity (Wildman–Crippen MR) is 116 cm³/mol. The van der Waals surface area contributed by atoms with Gasteiger partial charge in [0.05, 0.1) is 13.2 Å². The summed E-state index contributed by atoms with van der Waals surface area (Å²) in [7, 11) is 1.73. The van der Waals surface area contributed by atoms with Crippen LogP contribution in [0.15, 0.2) is 0 Å². The maximum atomic E-state index is 12.5. The molecule has 0 saturated heterocycles. The zero-order valence-electron chi connectivity index (χ0n) is 20.1. The van der Waals surface area contributed by atoms with Gasteiger partial charge in [-0.05, 0) is 53.5 Å². The van der Waals surface area contributed by atoms with E-state index < -0.39 is 28.9 Å². The number of alkyl carbamates (subject to hydrolysis) is 1. The molecule has 0 aliphatic heterocycles. The first kappa shape index (κ1) is 28.3. The van der Waals surface area contributed by atoms with Crippen LogP contribution in [0.5, 0.6) is 0 Å². The third kappa shape index (κ3) is 9.43. The normalized spacial score (nSPS) is 12.4. The van der Waals surface area contributed by atoms with Gasteiger partial charge >= 0.3 is 12.1 Å². The topological polar surface area (TPSA) is 103 Å². The number of esters is 1. The van der Waals surface area contributed by atoms with Crippen molar-refractivity contribution >= 4 is 17.8 Å². The molecule has 0 aliphatic rings. The van der Waals surface area contributed by atoms with Crippen LogP contribution in [-0.2, 0) is 23.8 Å². The van der Waals surface area contributed by atoms with E-state index in [1.807, 2.05) is 27.7 Å². The number of carbonyl (C=O) groups excluding carboxylic acids is 3. The van der Waals surface area contributed by atoms with Crippen LogP contribution in [0.1, 0.15) is 80.6 Å². The van der Waals surface area contributed by atoms with Gasteiger partial charge in [0.1, 0.15) is 23.3 Å². The molecule has 1 amide bonds. The molecule has 0 saturated carbocycles. The van der Waals surface area contributed by atoms with Crippen molar-refractivity contribution in [2.75, 3.05) is 26.7 Å². The Kier molecular flexibility index (Phi) is 12.2. The van der Waals surface area contributed by atoms with E-state index in [1.54, 1.807) is 27.8 Å². The second kappa shape index (κ2) is 12.9. The molecule has 0 rings (SSSR count). The highest BCUT2D eigenvalue weighted by Gasteiger charge is 2.37. The first-order chi connectivity index (χ1) is 13.9. The molecule has 176 valence electrons. The summed E-state index contributed by atoms with van der Waals surface area (Å²) in [4.78, 5) is 36.6. The molecule has 0 heterocycles. The number of carbonyl (C=O) groups is 3. The molecule has 0 bridgehead atoms. The van der Waals surface area contributed by atoms with Crippen molar-refractivity contribution in [2.24, 2.45) is 0 Å². The van der Waals surface area contributed by atoms with Crippen LogP contribution >= 0.6 is 0 Å². The van der Waals surface area contributed by atoms with Gasteiger partial charge in [-0.2, -0.15) is 0 Å². The number of likely N-dealkylation sites (N-methyl/N-ethyl adjacent to an activating group) is 1. The molecular formula is C22H42N2O6. The number of rotatable bonds is 14. The average molecular weight is 431 g/mol. The van der Waals surface area contributed by atoms with Crippen LogP contribution in [-0.4, -0.2) is 61.4 Å². The molecule has 0 unspecified atom stereocenters. The molecule has 0 aromatic heterocycles. The third-order valence-corrected chi connectivity index (χ3v) is 5.32. The summed E-state index contributed by atoms with van der Waals surface area (Å²) < 4.78 is 16.9. The van der Waals surface area contributed by atoms with Gasteiger partial charge in [-0.3, -0.25) is 9.59 Å². The van der Waals surface area contributed by atoms with E-state index in [0.717, 1.165) is 0 Å². The van der Waals surface area contributed by atoms with Gasteiger partial charge in [-0.15, -0.1) is 0 Å². The molecule has 0 spiro atoms. The lowest BCUT2D eigenvalue weighted by molar-refractivity contribution is -0.166. The molecule has 8 heteroatoms. The smallest absolute Gasteiger partial charge is 0.408 e. The molecule has 2 N–H and O–H groups in total. The minimum atomic E-state index is -0.835. The van der Waals surface area contributed by atoms with Crippen LogP contribution < -0.4 is 10.6 Å². The van der Waals surface area contributed by atoms with Crippen LogP contribution in [0.2, 0.25) is 0 Å². The fraction of sp³-hybridized carbons (Fsp3) is 0.864. The summed E-state index contributed by atoms with van der Waals surface area (Å²) in [6.45, 7) is 13.3. The predicted octanol–water partition coefficient (Wildman–Crippen LogP) is 3.37. The molecule has 0 aromatic carbocycles. The SMILES string of the molecule is CCC(CC)(CCOC(CC)(CC)C(=O)CNC)OC(=O)CNC(=O)OC(C)(C)C. The highest BCUT2D eigenvalue weighted by Crippen LogP contribution is 2.28. The van der Waals surface area contributed by atoms with Gasteiger partial charge in [0, 0.05) is 6.42 Å². The average Bonchev–Trinajstić information content (AvgIpc) is 2.68. The molecule has 0 aliphatic carbocycles.